The lowest BCUT2D eigenvalue weighted by atomic mass is 10.1. The van der Waals surface area contributed by atoms with Gasteiger partial charge in [0.2, 0.25) is 5.91 Å². The molecule has 1 N–H and O–H groups in total. The number of hydrogen-bond acceptors (Lipinski definition) is 7. The number of aromatic nitrogens is 4. The summed E-state index contributed by atoms with van der Waals surface area (Å²) >= 11 is 0. The molecule has 0 aliphatic carbocycles. The summed E-state index contributed by atoms with van der Waals surface area (Å²) < 4.78 is 75.9. The Labute approximate surface area is 315 Å². The van der Waals surface area contributed by atoms with Crippen LogP contribution in [0.15, 0.2) is 101 Å². The normalized spacial score (nSPS) is 12.2. The van der Waals surface area contributed by atoms with Crippen molar-refractivity contribution < 1.29 is 40.2 Å². The summed E-state index contributed by atoms with van der Waals surface area (Å²) in [6.45, 7) is 9.80. The number of hydrogen-bond donors (Lipinski definition) is 1. The zero-order chi connectivity index (χ0) is 40.9. The summed E-state index contributed by atoms with van der Waals surface area (Å²) in [6, 6.07) is 18.4. The fourth-order valence-corrected chi connectivity index (χ4v) is 5.86. The largest absolute Gasteiger partial charge is 0.744 e. The first-order valence-electron chi connectivity index (χ1n) is 16.5. The van der Waals surface area contributed by atoms with Crippen molar-refractivity contribution in [1.82, 2.24) is 29.4 Å². The Morgan fingerprint density at radius 2 is 1.64 bits per heavy atom. The van der Waals surface area contributed by atoms with E-state index in [1.165, 1.54) is 70.8 Å². The monoisotopic (exact) mass is 780 g/mol. The molecule has 0 aliphatic rings. The van der Waals surface area contributed by atoms with Gasteiger partial charge in [0.1, 0.15) is 27.4 Å². The van der Waals surface area contributed by atoms with E-state index in [0.29, 0.717) is 28.9 Å². The van der Waals surface area contributed by atoms with Crippen molar-refractivity contribution in [3.8, 4) is 22.8 Å². The van der Waals surface area contributed by atoms with Crippen molar-refractivity contribution in [2.75, 3.05) is 41.3 Å². The first kappa shape index (κ1) is 41.7. The van der Waals surface area contributed by atoms with E-state index < -0.39 is 39.4 Å². The molecule has 0 aliphatic heterocycles. The van der Waals surface area contributed by atoms with Gasteiger partial charge in [-0.1, -0.05) is 36.4 Å². The highest BCUT2D eigenvalue weighted by atomic mass is 32.2. The zero-order valence-electron chi connectivity index (χ0n) is 30.8. The minimum Gasteiger partial charge on any atom is -0.744 e. The van der Waals surface area contributed by atoms with E-state index in [-0.39, 0.29) is 33.4 Å². The molecule has 1 atom stereocenters. The first-order chi connectivity index (χ1) is 25.6. The Morgan fingerprint density at radius 1 is 1.00 bits per heavy atom. The third-order valence-electron chi connectivity index (χ3n) is 8.25. The molecule has 0 saturated heterocycles. The maximum atomic E-state index is 14.0. The average molecular weight is 781 g/mol. The van der Waals surface area contributed by atoms with Gasteiger partial charge in [0.25, 0.3) is 11.5 Å². The van der Waals surface area contributed by atoms with Crippen molar-refractivity contribution in [2.45, 2.75) is 24.0 Å². The number of nitrogens with zero attached hydrogens (tertiary/aromatic N) is 7. The Bertz CT molecular complexity index is 2370. The van der Waals surface area contributed by atoms with Crippen LogP contribution in [0.1, 0.15) is 22.8 Å². The average Bonchev–Trinajstić information content (AvgIpc) is 3.71. The van der Waals surface area contributed by atoms with E-state index >= 15 is 0 Å². The lowest BCUT2D eigenvalue weighted by molar-refractivity contribution is -0.869. The molecule has 5 aromatic rings. The Hall–Kier alpha value is -6.03. The molecule has 0 saturated carbocycles. The molecule has 2 amide bonds. The zero-order valence-corrected chi connectivity index (χ0v) is 31.6. The minimum atomic E-state index is -4.67. The van der Waals surface area contributed by atoms with Crippen LogP contribution in [0.5, 0.6) is 0 Å². The summed E-state index contributed by atoms with van der Waals surface area (Å²) in [6.07, 6.45) is -3.22. The second-order valence-electron chi connectivity index (χ2n) is 13.4. The molecule has 14 nitrogen and oxygen atoms in total. The lowest BCUT2D eigenvalue weighted by Crippen LogP contribution is -2.49. The molecular formula is C37H39F3N8O6S. The number of alkyl halides is 3. The molecule has 0 unspecified atom stereocenters. The third-order valence-corrected chi connectivity index (χ3v) is 9.10. The number of amides is 2. The molecule has 5 rings (SSSR count). The highest BCUT2D eigenvalue weighted by molar-refractivity contribution is 7.85. The number of quaternary nitrogens is 1. The van der Waals surface area contributed by atoms with Crippen molar-refractivity contribution in [1.29, 1.82) is 0 Å². The molecule has 3 aromatic carbocycles. The maximum Gasteiger partial charge on any atom is 0.416 e. The second-order valence-corrected chi connectivity index (χ2v) is 14.8. The van der Waals surface area contributed by atoms with Gasteiger partial charge in [-0.2, -0.15) is 18.3 Å². The van der Waals surface area contributed by atoms with Crippen molar-refractivity contribution in [3.63, 3.8) is 0 Å². The van der Waals surface area contributed by atoms with Crippen LogP contribution in [0.3, 0.4) is 0 Å². The van der Waals surface area contributed by atoms with Crippen molar-refractivity contribution in [3.05, 3.63) is 124 Å². The molecular weight excluding hydrogens is 742 g/mol. The molecule has 290 valence electrons. The number of rotatable bonds is 10. The Morgan fingerprint density at radius 3 is 2.18 bits per heavy atom. The summed E-state index contributed by atoms with van der Waals surface area (Å²) in [4.78, 5) is 45.6. The molecule has 2 heterocycles. The standard InChI is InChI=1S/C31H33F3N8O3.C6H6O3S/c1-20(29(44)38(3)17-18-42(5,6)7)37-28(43)26-27(25-15-16-36-40(25)23-13-11-22(35-2)12-14-23)39(4)41(30(26)45)24-10-8-9-21(19-24)31(32,33)34;7-10(8,9)6-4-2-1-3-5-6/h8-16,19-20H,17-18H2,1,3-7H3;1-5H,(H,7,8,9)/t20-;/m0./s1. The lowest BCUT2D eigenvalue weighted by Gasteiger charge is -2.28. The van der Waals surface area contributed by atoms with Crippen LogP contribution in [0, 0.1) is 6.57 Å². The van der Waals surface area contributed by atoms with Gasteiger partial charge in [0, 0.05) is 14.1 Å². The SMILES string of the molecule is O=S(=O)([O-])c1ccccc1.[C-]#[N+]c1ccc(-n2nccc2-c2c(C(=O)N[C@@H](C)C(=O)N(C)CC[N+](C)(C)C)c(=O)n(-c3cccc(C(F)(F)F)c3)n2C)cc1. The number of carbonyl (C=O) groups excluding carboxylic acids is 2. The van der Waals surface area contributed by atoms with E-state index in [4.69, 9.17) is 6.57 Å². The van der Waals surface area contributed by atoms with Crippen LogP contribution in [0.2, 0.25) is 0 Å². The first-order valence-corrected chi connectivity index (χ1v) is 17.9. The highest BCUT2D eigenvalue weighted by Gasteiger charge is 2.33. The van der Waals surface area contributed by atoms with Crippen LogP contribution >= 0.6 is 0 Å². The molecule has 0 fully saturated rings. The summed E-state index contributed by atoms with van der Waals surface area (Å²) in [5.74, 6) is -1.26. The number of benzene rings is 3. The van der Waals surface area contributed by atoms with Crippen LogP contribution < -0.4 is 10.9 Å². The predicted octanol–water partition coefficient (Wildman–Crippen LogP) is 4.47. The van der Waals surface area contributed by atoms with Crippen LogP contribution in [0.4, 0.5) is 18.9 Å². The molecule has 0 spiro atoms. The summed E-state index contributed by atoms with van der Waals surface area (Å²) in [7, 11) is 4.77. The van der Waals surface area contributed by atoms with E-state index in [9.17, 15) is 40.5 Å². The highest BCUT2D eigenvalue weighted by Crippen LogP contribution is 2.31. The number of nitrogens with one attached hydrogen (secondary N) is 1. The van der Waals surface area contributed by atoms with Crippen LogP contribution in [-0.2, 0) is 28.1 Å². The van der Waals surface area contributed by atoms with E-state index in [0.717, 1.165) is 16.8 Å². The maximum absolute atomic E-state index is 14.0. The molecule has 18 heteroatoms. The van der Waals surface area contributed by atoms with Gasteiger partial charge < -0.3 is 19.3 Å². The second kappa shape index (κ2) is 16.5. The molecule has 0 bridgehead atoms. The van der Waals surface area contributed by atoms with E-state index in [1.54, 1.807) is 43.4 Å². The van der Waals surface area contributed by atoms with Crippen molar-refractivity contribution >= 4 is 27.6 Å². The van der Waals surface area contributed by atoms with Gasteiger partial charge in [0.15, 0.2) is 5.69 Å². The number of carbonyl (C=O) groups is 2. The third kappa shape index (κ3) is 10.1. The molecule has 2 aromatic heterocycles. The van der Waals surface area contributed by atoms with E-state index in [2.05, 4.69) is 15.3 Å². The smallest absolute Gasteiger partial charge is 0.416 e. The fraction of sp³-hybridized carbons (Fsp3) is 0.270. The van der Waals surface area contributed by atoms with Crippen molar-refractivity contribution in [2.24, 2.45) is 7.05 Å². The number of likely N-dealkylation sites (N-methyl/N-ethyl adjacent to an activating group) is 2. The number of halogens is 3. The summed E-state index contributed by atoms with van der Waals surface area (Å²) in [5.41, 5.74) is -1.13. The van der Waals surface area contributed by atoms with Gasteiger partial charge in [-0.05, 0) is 55.5 Å². The van der Waals surface area contributed by atoms with Gasteiger partial charge >= 0.3 is 6.18 Å². The Balaban J connectivity index is 0.000000583. The van der Waals surface area contributed by atoms with E-state index in [1.807, 2.05) is 21.1 Å². The summed E-state index contributed by atoms with van der Waals surface area (Å²) in [5, 5.41) is 6.96. The minimum absolute atomic E-state index is 0.0553. The topological polar surface area (TPSA) is 156 Å². The fourth-order valence-electron chi connectivity index (χ4n) is 5.37. The molecule has 55 heavy (non-hydrogen) atoms. The predicted molar refractivity (Wildman–Crippen MR) is 197 cm³/mol. The van der Waals surface area contributed by atoms with Crippen LogP contribution in [0.25, 0.3) is 27.6 Å². The Kier molecular flexibility index (Phi) is 12.6. The van der Waals surface area contributed by atoms with Crippen LogP contribution in [-0.4, -0.2) is 101 Å². The van der Waals surface area contributed by atoms with Gasteiger partial charge in [-0.15, -0.1) is 0 Å². The quantitative estimate of drug-likeness (QED) is 0.125. The van der Waals surface area contributed by atoms with Gasteiger partial charge in [-0.25, -0.2) is 22.6 Å². The van der Waals surface area contributed by atoms with Gasteiger partial charge in [-0.3, -0.25) is 19.1 Å². The van der Waals surface area contributed by atoms with Gasteiger partial charge in [0.05, 0.1) is 74.5 Å². The molecule has 0 radical (unpaired) electrons.